The molecule has 2 N–H and O–H groups in total. The monoisotopic (exact) mass is 242 g/mol. The van der Waals surface area contributed by atoms with Crippen LogP contribution in [0.25, 0.3) is 0 Å². The van der Waals surface area contributed by atoms with Crippen LogP contribution in [-0.4, -0.2) is 42.8 Å². The van der Waals surface area contributed by atoms with Gasteiger partial charge < -0.3 is 10.5 Å². The van der Waals surface area contributed by atoms with Gasteiger partial charge in [0.2, 0.25) is 0 Å². The van der Waals surface area contributed by atoms with Gasteiger partial charge in [0.15, 0.2) is 0 Å². The Bertz CT molecular complexity index is 246. The van der Waals surface area contributed by atoms with Crippen molar-refractivity contribution in [3.05, 3.63) is 0 Å². The first-order valence-corrected chi connectivity index (χ1v) is 6.86. The minimum Gasteiger partial charge on any atom is -0.380 e. The van der Waals surface area contributed by atoms with Crippen LogP contribution in [0.5, 0.6) is 0 Å². The van der Waals surface area contributed by atoms with Gasteiger partial charge >= 0.3 is 0 Å². The lowest BCUT2D eigenvalue weighted by Crippen LogP contribution is -2.65. The van der Waals surface area contributed by atoms with Gasteiger partial charge in [0.05, 0.1) is 11.6 Å². The molecular weight excluding hydrogens is 212 g/mol. The molecule has 0 aromatic rings. The zero-order valence-corrected chi connectivity index (χ0v) is 12.4. The second-order valence-corrected chi connectivity index (χ2v) is 6.15. The van der Waals surface area contributed by atoms with E-state index in [4.69, 9.17) is 10.5 Å². The molecule has 17 heavy (non-hydrogen) atoms. The molecule has 0 spiro atoms. The van der Waals surface area contributed by atoms with E-state index in [9.17, 15) is 0 Å². The van der Waals surface area contributed by atoms with E-state index in [-0.39, 0.29) is 11.6 Å². The van der Waals surface area contributed by atoms with Crippen LogP contribution in [0.2, 0.25) is 0 Å². The second kappa shape index (κ2) is 5.68. The summed E-state index contributed by atoms with van der Waals surface area (Å²) in [4.78, 5) is 2.57. The fourth-order valence-corrected chi connectivity index (χ4v) is 3.16. The lowest BCUT2D eigenvalue weighted by molar-refractivity contribution is -0.0800. The lowest BCUT2D eigenvalue weighted by Gasteiger charge is -2.52. The average Bonchev–Trinajstić information content (AvgIpc) is 2.31. The van der Waals surface area contributed by atoms with Crippen LogP contribution in [0.1, 0.15) is 41.0 Å². The predicted molar refractivity (Wildman–Crippen MR) is 73.0 cm³/mol. The van der Waals surface area contributed by atoms with E-state index in [0.29, 0.717) is 12.6 Å². The van der Waals surface area contributed by atoms with Crippen molar-refractivity contribution in [3.8, 4) is 0 Å². The molecule has 5 atom stereocenters. The highest BCUT2D eigenvalue weighted by Crippen LogP contribution is 2.34. The number of methoxy groups -OCH3 is 1. The van der Waals surface area contributed by atoms with Crippen LogP contribution in [0.15, 0.2) is 0 Å². The molecule has 3 nitrogen and oxygen atoms in total. The minimum atomic E-state index is -0.0584. The van der Waals surface area contributed by atoms with Crippen molar-refractivity contribution in [1.29, 1.82) is 0 Å². The molecule has 0 aliphatic carbocycles. The van der Waals surface area contributed by atoms with Crippen LogP contribution >= 0.6 is 0 Å². The first-order chi connectivity index (χ1) is 7.86. The lowest BCUT2D eigenvalue weighted by atomic mass is 9.80. The SMILES string of the molecule is COC(C)C(C)(CN)N1CC(C)CC(C)C1C. The number of likely N-dealkylation sites (tertiary alicyclic amines) is 1. The molecule has 5 unspecified atom stereocenters. The average molecular weight is 242 g/mol. The van der Waals surface area contributed by atoms with Gasteiger partial charge in [0.25, 0.3) is 0 Å². The normalized spacial score (nSPS) is 36.5. The highest BCUT2D eigenvalue weighted by Gasteiger charge is 2.43. The van der Waals surface area contributed by atoms with E-state index >= 15 is 0 Å². The standard InChI is InChI=1S/C14H30N2O/c1-10-7-11(2)12(3)16(8-10)14(5,9-15)13(4)17-6/h10-13H,7-9,15H2,1-6H3. The maximum absolute atomic E-state index is 6.05. The maximum atomic E-state index is 6.05. The maximum Gasteiger partial charge on any atom is 0.0736 e. The summed E-state index contributed by atoms with van der Waals surface area (Å²) in [6.07, 6.45) is 1.48. The summed E-state index contributed by atoms with van der Waals surface area (Å²) < 4.78 is 5.56. The van der Waals surface area contributed by atoms with Crippen molar-refractivity contribution in [1.82, 2.24) is 4.90 Å². The number of hydrogen-bond acceptors (Lipinski definition) is 3. The minimum absolute atomic E-state index is 0.0584. The summed E-state index contributed by atoms with van der Waals surface area (Å²) in [5.41, 5.74) is 5.99. The van der Waals surface area contributed by atoms with Crippen molar-refractivity contribution in [2.75, 3.05) is 20.2 Å². The summed E-state index contributed by atoms with van der Waals surface area (Å²) >= 11 is 0. The van der Waals surface area contributed by atoms with E-state index in [1.807, 2.05) is 0 Å². The molecule has 102 valence electrons. The molecule has 3 heteroatoms. The first-order valence-electron chi connectivity index (χ1n) is 6.86. The Morgan fingerprint density at radius 3 is 2.47 bits per heavy atom. The molecule has 1 aliphatic heterocycles. The highest BCUT2D eigenvalue weighted by atomic mass is 16.5. The van der Waals surface area contributed by atoms with Gasteiger partial charge in [0.1, 0.15) is 0 Å². The van der Waals surface area contributed by atoms with Crippen molar-refractivity contribution in [2.24, 2.45) is 17.6 Å². The summed E-state index contributed by atoms with van der Waals surface area (Å²) in [5, 5.41) is 0. The van der Waals surface area contributed by atoms with Crippen molar-refractivity contribution >= 4 is 0 Å². The zero-order chi connectivity index (χ0) is 13.2. The van der Waals surface area contributed by atoms with Crippen LogP contribution < -0.4 is 5.73 Å². The van der Waals surface area contributed by atoms with E-state index in [2.05, 4.69) is 39.5 Å². The van der Waals surface area contributed by atoms with Gasteiger partial charge in [-0.15, -0.1) is 0 Å². The Hall–Kier alpha value is -0.120. The summed E-state index contributed by atoms with van der Waals surface area (Å²) in [6, 6.07) is 0.581. The van der Waals surface area contributed by atoms with E-state index in [1.54, 1.807) is 7.11 Å². The van der Waals surface area contributed by atoms with Gasteiger partial charge in [-0.1, -0.05) is 13.8 Å². The topological polar surface area (TPSA) is 38.5 Å². The van der Waals surface area contributed by atoms with Crippen LogP contribution in [0, 0.1) is 11.8 Å². The van der Waals surface area contributed by atoms with Gasteiger partial charge in [-0.2, -0.15) is 0 Å². The van der Waals surface area contributed by atoms with E-state index in [0.717, 1.165) is 18.4 Å². The summed E-state index contributed by atoms with van der Waals surface area (Å²) in [7, 11) is 1.78. The number of rotatable bonds is 4. The molecule has 0 bridgehead atoms. The van der Waals surface area contributed by atoms with Crippen LogP contribution in [-0.2, 0) is 4.74 Å². The van der Waals surface area contributed by atoms with Gasteiger partial charge in [0, 0.05) is 26.2 Å². The Kier molecular flexibility index (Phi) is 4.99. The zero-order valence-electron chi connectivity index (χ0n) is 12.4. The van der Waals surface area contributed by atoms with Gasteiger partial charge in [-0.25, -0.2) is 0 Å². The molecule has 1 rings (SSSR count). The highest BCUT2D eigenvalue weighted by molar-refractivity contribution is 4.98. The van der Waals surface area contributed by atoms with Gasteiger partial charge in [-0.05, 0) is 39.0 Å². The third-order valence-electron chi connectivity index (χ3n) is 4.90. The summed E-state index contributed by atoms with van der Waals surface area (Å²) in [5.74, 6) is 1.48. The van der Waals surface area contributed by atoms with Crippen LogP contribution in [0.3, 0.4) is 0 Å². The Balaban J connectivity index is 2.93. The second-order valence-electron chi connectivity index (χ2n) is 6.15. The largest absolute Gasteiger partial charge is 0.380 e. The smallest absolute Gasteiger partial charge is 0.0736 e. The predicted octanol–water partition coefficient (Wildman–Crippen LogP) is 2.11. The van der Waals surface area contributed by atoms with Crippen molar-refractivity contribution < 1.29 is 4.74 Å². The number of nitrogens with zero attached hydrogens (tertiary/aromatic N) is 1. The first kappa shape index (κ1) is 14.9. The Morgan fingerprint density at radius 1 is 1.41 bits per heavy atom. The molecule has 1 fully saturated rings. The Labute approximate surface area is 107 Å². The van der Waals surface area contributed by atoms with E-state index < -0.39 is 0 Å². The van der Waals surface area contributed by atoms with Crippen LogP contribution in [0.4, 0.5) is 0 Å². The number of piperidine rings is 1. The third kappa shape index (κ3) is 2.83. The molecule has 0 aromatic carbocycles. The summed E-state index contributed by atoms with van der Waals surface area (Å²) in [6.45, 7) is 13.2. The quantitative estimate of drug-likeness (QED) is 0.820. The third-order valence-corrected chi connectivity index (χ3v) is 4.90. The van der Waals surface area contributed by atoms with E-state index in [1.165, 1.54) is 6.42 Å². The number of hydrogen-bond donors (Lipinski definition) is 1. The van der Waals surface area contributed by atoms with Crippen molar-refractivity contribution in [3.63, 3.8) is 0 Å². The molecule has 0 amide bonds. The molecule has 0 radical (unpaired) electrons. The fourth-order valence-electron chi connectivity index (χ4n) is 3.16. The molecule has 0 saturated carbocycles. The fraction of sp³-hybridized carbons (Fsp3) is 1.00. The molecule has 1 saturated heterocycles. The Morgan fingerprint density at radius 2 is 2.00 bits per heavy atom. The molecule has 0 aromatic heterocycles. The van der Waals surface area contributed by atoms with Gasteiger partial charge in [-0.3, -0.25) is 4.90 Å². The van der Waals surface area contributed by atoms with Crippen molar-refractivity contribution in [2.45, 2.75) is 58.7 Å². The molecule has 1 heterocycles. The number of ether oxygens (including phenoxy) is 1. The number of nitrogens with two attached hydrogens (primary N) is 1. The molecular formula is C14H30N2O. The molecule has 1 aliphatic rings.